The number of pyridine rings is 1. The van der Waals surface area contributed by atoms with Gasteiger partial charge in [-0.25, -0.2) is 4.98 Å². The van der Waals surface area contributed by atoms with Crippen molar-refractivity contribution in [2.45, 2.75) is 11.6 Å². The molecule has 0 atom stereocenters. The van der Waals surface area contributed by atoms with Gasteiger partial charge in [0, 0.05) is 16.7 Å². The number of nitrogens with zero attached hydrogens (tertiary/aromatic N) is 1. The molecule has 0 aliphatic rings. The Morgan fingerprint density at radius 3 is 2.67 bits per heavy atom. The predicted molar refractivity (Wildman–Crippen MR) is 81.7 cm³/mol. The molecule has 0 radical (unpaired) electrons. The maximum Gasteiger partial charge on any atom is 0.279 e. The highest BCUT2D eigenvalue weighted by molar-refractivity contribution is 9.10. The number of hydrogen-bond donors (Lipinski definition) is 2. The lowest BCUT2D eigenvalue weighted by Gasteiger charge is -2.10. The van der Waals surface area contributed by atoms with Crippen LogP contribution in [0.25, 0.3) is 0 Å². The Balaban J connectivity index is 2.32. The molecule has 0 saturated heterocycles. The summed E-state index contributed by atoms with van der Waals surface area (Å²) in [5.74, 6) is 0.527. The van der Waals surface area contributed by atoms with E-state index in [2.05, 4.69) is 25.6 Å². The molecule has 2 aromatic rings. The Morgan fingerprint density at radius 1 is 1.33 bits per heavy atom. The van der Waals surface area contributed by atoms with Crippen LogP contribution in [0, 0.1) is 0 Å². The summed E-state index contributed by atoms with van der Waals surface area (Å²) in [7, 11) is -2.32. The predicted octanol–water partition coefficient (Wildman–Crippen LogP) is 2.15. The number of sulfonamides is 1. The van der Waals surface area contributed by atoms with Gasteiger partial charge < -0.3 is 9.84 Å². The first kappa shape index (κ1) is 15.7. The summed E-state index contributed by atoms with van der Waals surface area (Å²) in [6.07, 6.45) is 1.31. The minimum Gasteiger partial charge on any atom is -0.497 e. The third kappa shape index (κ3) is 3.72. The Bertz CT molecular complexity index is 732. The van der Waals surface area contributed by atoms with Crippen LogP contribution >= 0.6 is 15.9 Å². The summed E-state index contributed by atoms with van der Waals surface area (Å²) in [5, 5.41) is 8.81. The van der Waals surface area contributed by atoms with Crippen molar-refractivity contribution in [2.75, 3.05) is 11.8 Å². The van der Waals surface area contributed by atoms with Gasteiger partial charge in [-0.2, -0.15) is 8.42 Å². The van der Waals surface area contributed by atoms with Crippen LogP contribution in [0.15, 0.2) is 46.0 Å². The number of methoxy groups -OCH3 is 1. The fraction of sp³-hybridized carbons (Fsp3) is 0.154. The number of aliphatic hydroxyl groups excluding tert-OH is 1. The number of rotatable bonds is 5. The third-order valence-electron chi connectivity index (χ3n) is 2.67. The molecule has 1 heterocycles. The second kappa shape index (κ2) is 6.42. The van der Waals surface area contributed by atoms with Crippen LogP contribution in [-0.4, -0.2) is 25.6 Å². The molecule has 0 aliphatic heterocycles. The number of nitrogens with one attached hydrogen (secondary N) is 1. The van der Waals surface area contributed by atoms with Crippen molar-refractivity contribution in [1.82, 2.24) is 4.98 Å². The molecular formula is C13H13BrN2O4S. The molecule has 112 valence electrons. The number of hydrogen-bond acceptors (Lipinski definition) is 5. The van der Waals surface area contributed by atoms with E-state index in [-0.39, 0.29) is 11.6 Å². The molecule has 2 rings (SSSR count). The van der Waals surface area contributed by atoms with Gasteiger partial charge >= 0.3 is 0 Å². The summed E-state index contributed by atoms with van der Waals surface area (Å²) < 4.78 is 32.6. The molecule has 2 N–H and O–H groups in total. The van der Waals surface area contributed by atoms with Crippen LogP contribution in [-0.2, 0) is 16.6 Å². The molecule has 0 unspecified atom stereocenters. The molecular weight excluding hydrogens is 360 g/mol. The summed E-state index contributed by atoms with van der Waals surface area (Å²) >= 11 is 3.27. The van der Waals surface area contributed by atoms with E-state index in [0.29, 0.717) is 21.5 Å². The van der Waals surface area contributed by atoms with Gasteiger partial charge in [-0.15, -0.1) is 0 Å². The van der Waals surface area contributed by atoms with Gasteiger partial charge in [-0.3, -0.25) is 4.72 Å². The first-order chi connectivity index (χ1) is 9.96. The second-order valence-electron chi connectivity index (χ2n) is 4.11. The molecule has 0 saturated carbocycles. The average molecular weight is 373 g/mol. The van der Waals surface area contributed by atoms with Crippen molar-refractivity contribution >= 4 is 31.6 Å². The number of halogens is 1. The maximum atomic E-state index is 12.3. The van der Waals surface area contributed by atoms with Crippen molar-refractivity contribution in [3.63, 3.8) is 0 Å². The van der Waals surface area contributed by atoms with Crippen molar-refractivity contribution < 1.29 is 18.3 Å². The molecule has 0 amide bonds. The highest BCUT2D eigenvalue weighted by Crippen LogP contribution is 2.28. The lowest BCUT2D eigenvalue weighted by atomic mass is 10.3. The van der Waals surface area contributed by atoms with Crippen LogP contribution in [0.2, 0.25) is 0 Å². The van der Waals surface area contributed by atoms with Crippen molar-refractivity contribution in [2.24, 2.45) is 0 Å². The lowest BCUT2D eigenvalue weighted by molar-refractivity contribution is 0.281. The van der Waals surface area contributed by atoms with E-state index in [9.17, 15) is 8.42 Å². The summed E-state index contributed by atoms with van der Waals surface area (Å²) in [6, 6.07) is 7.78. The lowest BCUT2D eigenvalue weighted by Crippen LogP contribution is -2.15. The Hall–Kier alpha value is -1.64. The fourth-order valence-electron chi connectivity index (χ4n) is 1.57. The second-order valence-corrected chi connectivity index (χ2v) is 6.60. The molecule has 6 nitrogen and oxygen atoms in total. The minimum atomic E-state index is -3.81. The molecule has 0 spiro atoms. The van der Waals surface area contributed by atoms with E-state index in [1.165, 1.54) is 25.4 Å². The van der Waals surface area contributed by atoms with Crippen LogP contribution in [0.3, 0.4) is 0 Å². The van der Waals surface area contributed by atoms with E-state index in [1.54, 1.807) is 18.2 Å². The molecule has 0 fully saturated rings. The van der Waals surface area contributed by atoms with Crippen LogP contribution < -0.4 is 9.46 Å². The molecule has 1 aromatic carbocycles. The van der Waals surface area contributed by atoms with E-state index in [4.69, 9.17) is 9.84 Å². The highest BCUT2D eigenvalue weighted by Gasteiger charge is 2.17. The van der Waals surface area contributed by atoms with E-state index in [1.807, 2.05) is 0 Å². The average Bonchev–Trinajstić information content (AvgIpc) is 2.49. The van der Waals surface area contributed by atoms with Crippen molar-refractivity contribution in [1.29, 1.82) is 0 Å². The largest absolute Gasteiger partial charge is 0.497 e. The summed E-state index contributed by atoms with van der Waals surface area (Å²) in [6.45, 7) is -0.192. The van der Waals surface area contributed by atoms with Gasteiger partial charge in [0.1, 0.15) is 5.75 Å². The normalized spacial score (nSPS) is 11.2. The van der Waals surface area contributed by atoms with Crippen LogP contribution in [0.1, 0.15) is 5.56 Å². The highest BCUT2D eigenvalue weighted by atomic mass is 79.9. The van der Waals surface area contributed by atoms with Gasteiger partial charge in [0.25, 0.3) is 10.0 Å². The first-order valence-corrected chi connectivity index (χ1v) is 8.16. The Kier molecular flexibility index (Phi) is 4.81. The molecule has 21 heavy (non-hydrogen) atoms. The van der Waals surface area contributed by atoms with Gasteiger partial charge in [-0.05, 0) is 39.7 Å². The fourth-order valence-corrected chi connectivity index (χ4v) is 3.05. The zero-order chi connectivity index (χ0) is 15.5. The summed E-state index contributed by atoms with van der Waals surface area (Å²) in [4.78, 5) is 3.83. The number of ether oxygens (including phenoxy) is 1. The minimum absolute atomic E-state index is 0.130. The van der Waals surface area contributed by atoms with E-state index in [0.717, 1.165) is 0 Å². The number of aliphatic hydroxyl groups is 1. The molecule has 0 bridgehead atoms. The first-order valence-electron chi connectivity index (χ1n) is 5.88. The molecule has 8 heteroatoms. The monoisotopic (exact) mass is 372 g/mol. The number of anilines is 1. The summed E-state index contributed by atoms with van der Waals surface area (Å²) in [5.41, 5.74) is 0.888. The van der Waals surface area contributed by atoms with Gasteiger partial charge in [0.2, 0.25) is 0 Å². The Labute approximate surface area is 131 Å². The standard InChI is InChI=1S/C13H13BrN2O4S/c1-20-10-3-4-11(14)12(6-10)16-21(18,19)13-5-2-9(8-17)7-15-13/h2-7,16-17H,8H2,1H3. The van der Waals surface area contributed by atoms with Crippen LogP contribution in [0.5, 0.6) is 5.75 Å². The zero-order valence-electron chi connectivity index (χ0n) is 11.1. The zero-order valence-corrected chi connectivity index (χ0v) is 13.5. The maximum absolute atomic E-state index is 12.3. The van der Waals surface area contributed by atoms with Crippen molar-refractivity contribution in [3.8, 4) is 5.75 Å². The van der Waals surface area contributed by atoms with Crippen molar-refractivity contribution in [3.05, 3.63) is 46.6 Å². The Morgan fingerprint density at radius 2 is 2.10 bits per heavy atom. The third-order valence-corrected chi connectivity index (χ3v) is 4.65. The number of aromatic nitrogens is 1. The topological polar surface area (TPSA) is 88.5 Å². The van der Waals surface area contributed by atoms with Crippen LogP contribution in [0.4, 0.5) is 5.69 Å². The van der Waals surface area contributed by atoms with Gasteiger partial charge in [-0.1, -0.05) is 6.07 Å². The SMILES string of the molecule is COc1ccc(Br)c(NS(=O)(=O)c2ccc(CO)cn2)c1. The van der Waals surface area contributed by atoms with E-state index >= 15 is 0 Å². The molecule has 1 aromatic heterocycles. The molecule has 0 aliphatic carbocycles. The number of benzene rings is 1. The van der Waals surface area contributed by atoms with Gasteiger partial charge in [0.05, 0.1) is 19.4 Å². The van der Waals surface area contributed by atoms with E-state index < -0.39 is 10.0 Å². The van der Waals surface area contributed by atoms with Gasteiger partial charge in [0.15, 0.2) is 5.03 Å². The quantitative estimate of drug-likeness (QED) is 0.839. The smallest absolute Gasteiger partial charge is 0.279 e.